The summed E-state index contributed by atoms with van der Waals surface area (Å²) in [7, 11) is -0.419. The van der Waals surface area contributed by atoms with Crippen molar-refractivity contribution in [1.29, 1.82) is 0 Å². The number of nitrogens with zero attached hydrogens (tertiary/aromatic N) is 3. The van der Waals surface area contributed by atoms with E-state index in [1.807, 2.05) is 19.0 Å². The van der Waals surface area contributed by atoms with Crippen LogP contribution in [0.4, 0.5) is 16.2 Å². The van der Waals surface area contributed by atoms with Gasteiger partial charge >= 0.3 is 6.03 Å². The summed E-state index contributed by atoms with van der Waals surface area (Å²) in [5.74, 6) is 0. The Balaban J connectivity index is 1.45. The Morgan fingerprint density at radius 3 is 2.29 bits per heavy atom. The molecule has 0 saturated heterocycles. The molecule has 10 heteroatoms. The molecule has 0 spiro atoms. The third kappa shape index (κ3) is 3.43. The molecule has 0 fully saturated rings. The zero-order chi connectivity index (χ0) is 21.8. The smallest absolute Gasteiger partial charge is 0.333 e. The first kappa shape index (κ1) is 20.2. The molecule has 8 nitrogen and oxygen atoms in total. The van der Waals surface area contributed by atoms with Crippen molar-refractivity contribution in [2.45, 2.75) is 43.4 Å². The number of benzene rings is 2. The van der Waals surface area contributed by atoms with Gasteiger partial charge in [-0.15, -0.1) is 0 Å². The van der Waals surface area contributed by atoms with Gasteiger partial charge in [-0.2, -0.15) is 8.75 Å². The number of aromatic nitrogens is 2. The first-order valence-corrected chi connectivity index (χ1v) is 12.5. The Morgan fingerprint density at radius 2 is 1.65 bits per heavy atom. The normalized spacial score (nSPS) is 15.0. The molecule has 2 amide bonds. The van der Waals surface area contributed by atoms with E-state index in [1.54, 1.807) is 6.07 Å². The fraction of sp³-hybridized carbons (Fsp3) is 0.381. The molecule has 2 N–H and O–H groups in total. The largest absolute Gasteiger partial charge is 0.376 e. The second-order valence-corrected chi connectivity index (χ2v) is 10.4. The molecule has 1 heterocycles. The van der Waals surface area contributed by atoms with E-state index in [0.717, 1.165) is 72.8 Å². The standard InChI is InChI=1S/C21H23N5O3S2/c1-26(2)16-9-10-17(20-19(16)23-30-24-20)31(28,29)25-21(27)22-18-14-7-3-5-12(14)11-13-6-4-8-15(13)18/h9-11H,3-8H2,1-2H3,(H2,22,25,27). The van der Waals surface area contributed by atoms with Crippen LogP contribution in [-0.4, -0.2) is 37.3 Å². The number of amides is 2. The lowest BCUT2D eigenvalue weighted by atomic mass is 9.99. The zero-order valence-electron chi connectivity index (χ0n) is 17.4. The quantitative estimate of drug-likeness (QED) is 0.623. The number of hydrogen-bond donors (Lipinski definition) is 2. The number of rotatable bonds is 4. The van der Waals surface area contributed by atoms with Gasteiger partial charge in [0.15, 0.2) is 0 Å². The summed E-state index contributed by atoms with van der Waals surface area (Å²) in [6, 6.07) is 4.66. The van der Waals surface area contributed by atoms with Crippen molar-refractivity contribution in [3.8, 4) is 0 Å². The van der Waals surface area contributed by atoms with Gasteiger partial charge in [0.2, 0.25) is 0 Å². The summed E-state index contributed by atoms with van der Waals surface area (Å²) in [6.07, 6.45) is 5.93. The molecule has 1 aromatic heterocycles. The van der Waals surface area contributed by atoms with Crippen LogP contribution in [0.3, 0.4) is 0 Å². The Hall–Kier alpha value is -2.72. The molecule has 5 rings (SSSR count). The van der Waals surface area contributed by atoms with Gasteiger partial charge in [-0.25, -0.2) is 17.9 Å². The summed E-state index contributed by atoms with van der Waals surface area (Å²) in [6.45, 7) is 0. The number of urea groups is 1. The van der Waals surface area contributed by atoms with Crippen LogP contribution in [0.1, 0.15) is 35.1 Å². The SMILES string of the molecule is CN(C)c1ccc(S(=O)(=O)NC(=O)Nc2c3c(cc4c2CCC4)CCC3)c2nsnc12. The van der Waals surface area contributed by atoms with Crippen molar-refractivity contribution in [1.82, 2.24) is 13.5 Å². The number of anilines is 2. The molecule has 0 bridgehead atoms. The fourth-order valence-corrected chi connectivity index (χ4v) is 6.37. The molecule has 0 atom stereocenters. The van der Waals surface area contributed by atoms with E-state index in [4.69, 9.17) is 0 Å². The molecular weight excluding hydrogens is 434 g/mol. The van der Waals surface area contributed by atoms with Crippen molar-refractivity contribution in [3.63, 3.8) is 0 Å². The van der Waals surface area contributed by atoms with Gasteiger partial charge < -0.3 is 10.2 Å². The highest BCUT2D eigenvalue weighted by atomic mass is 32.2. The van der Waals surface area contributed by atoms with Gasteiger partial charge in [0.25, 0.3) is 10.0 Å². The number of hydrogen-bond acceptors (Lipinski definition) is 7. The fourth-order valence-electron chi connectivity index (χ4n) is 4.69. The summed E-state index contributed by atoms with van der Waals surface area (Å²) in [4.78, 5) is 14.6. The average molecular weight is 458 g/mol. The number of carbonyl (C=O) groups excluding carboxylic acids is 1. The predicted molar refractivity (Wildman–Crippen MR) is 122 cm³/mol. The van der Waals surface area contributed by atoms with Crippen LogP contribution in [0.15, 0.2) is 23.1 Å². The number of carbonyl (C=O) groups is 1. The monoisotopic (exact) mass is 457 g/mol. The topological polar surface area (TPSA) is 104 Å². The highest BCUT2D eigenvalue weighted by Crippen LogP contribution is 2.38. The van der Waals surface area contributed by atoms with Crippen LogP contribution in [0.5, 0.6) is 0 Å². The highest BCUT2D eigenvalue weighted by Gasteiger charge is 2.28. The Bertz CT molecular complexity index is 1280. The lowest BCUT2D eigenvalue weighted by molar-refractivity contribution is 0.256. The van der Waals surface area contributed by atoms with Gasteiger partial charge in [-0.3, -0.25) is 0 Å². The van der Waals surface area contributed by atoms with Gasteiger partial charge in [0, 0.05) is 19.8 Å². The minimum atomic E-state index is -4.12. The number of nitrogens with one attached hydrogen (secondary N) is 2. The summed E-state index contributed by atoms with van der Waals surface area (Å²) in [5, 5.41) is 2.87. The zero-order valence-corrected chi connectivity index (χ0v) is 19.0. The molecule has 162 valence electrons. The number of aryl methyl sites for hydroxylation is 2. The lowest BCUT2D eigenvalue weighted by Gasteiger charge is -2.17. The lowest BCUT2D eigenvalue weighted by Crippen LogP contribution is -2.35. The minimum absolute atomic E-state index is 0.0551. The Labute approximate surface area is 185 Å². The van der Waals surface area contributed by atoms with Gasteiger partial charge in [0.05, 0.1) is 17.4 Å². The molecule has 0 aliphatic heterocycles. The van der Waals surface area contributed by atoms with Crippen LogP contribution in [0, 0.1) is 0 Å². The van der Waals surface area contributed by atoms with Crippen molar-refractivity contribution in [2.75, 3.05) is 24.3 Å². The molecule has 2 aromatic carbocycles. The van der Waals surface area contributed by atoms with Crippen molar-refractivity contribution < 1.29 is 13.2 Å². The van der Waals surface area contributed by atoms with E-state index in [-0.39, 0.29) is 10.4 Å². The van der Waals surface area contributed by atoms with Gasteiger partial charge in [-0.05, 0) is 72.9 Å². The molecule has 2 aliphatic carbocycles. The van der Waals surface area contributed by atoms with E-state index >= 15 is 0 Å². The maximum absolute atomic E-state index is 13.0. The molecule has 2 aliphatic rings. The molecule has 3 aromatic rings. The van der Waals surface area contributed by atoms with Crippen molar-refractivity contribution in [3.05, 3.63) is 40.5 Å². The molecule has 0 unspecified atom stereocenters. The van der Waals surface area contributed by atoms with Crippen molar-refractivity contribution in [2.24, 2.45) is 0 Å². The van der Waals surface area contributed by atoms with E-state index < -0.39 is 16.1 Å². The first-order chi connectivity index (χ1) is 14.8. The average Bonchev–Trinajstić information content (AvgIpc) is 3.46. The summed E-state index contributed by atoms with van der Waals surface area (Å²) in [5.41, 5.74) is 7.17. The molecule has 0 saturated carbocycles. The molecule has 0 radical (unpaired) electrons. The van der Waals surface area contributed by atoms with E-state index in [2.05, 4.69) is 24.9 Å². The van der Waals surface area contributed by atoms with Crippen LogP contribution in [0.2, 0.25) is 0 Å². The summed E-state index contributed by atoms with van der Waals surface area (Å²) >= 11 is 0.944. The number of fused-ring (bicyclic) bond motifs is 3. The van der Waals surface area contributed by atoms with E-state index in [0.29, 0.717) is 5.52 Å². The second kappa shape index (κ2) is 7.45. The minimum Gasteiger partial charge on any atom is -0.376 e. The Kier molecular flexibility index (Phi) is 4.86. The van der Waals surface area contributed by atoms with Crippen LogP contribution < -0.4 is 14.9 Å². The highest BCUT2D eigenvalue weighted by molar-refractivity contribution is 7.90. The molecule has 31 heavy (non-hydrogen) atoms. The Morgan fingerprint density at radius 1 is 1.00 bits per heavy atom. The maximum Gasteiger partial charge on any atom is 0.333 e. The van der Waals surface area contributed by atoms with Gasteiger partial charge in [0.1, 0.15) is 15.9 Å². The van der Waals surface area contributed by atoms with E-state index in [1.165, 1.54) is 17.2 Å². The van der Waals surface area contributed by atoms with Crippen molar-refractivity contribution >= 4 is 50.2 Å². The van der Waals surface area contributed by atoms with Crippen LogP contribution in [0.25, 0.3) is 11.0 Å². The third-order valence-electron chi connectivity index (χ3n) is 6.07. The first-order valence-electron chi connectivity index (χ1n) is 10.3. The van der Waals surface area contributed by atoms with Gasteiger partial charge in [-0.1, -0.05) is 6.07 Å². The van der Waals surface area contributed by atoms with E-state index in [9.17, 15) is 13.2 Å². The summed E-state index contributed by atoms with van der Waals surface area (Å²) < 4.78 is 36.7. The van der Waals surface area contributed by atoms with Crippen LogP contribution in [-0.2, 0) is 35.7 Å². The molecular formula is C21H23N5O3S2. The predicted octanol–water partition coefficient (Wildman–Crippen LogP) is 3.25. The third-order valence-corrected chi connectivity index (χ3v) is 7.96. The number of sulfonamides is 1. The van der Waals surface area contributed by atoms with Crippen LogP contribution >= 0.6 is 11.7 Å². The second-order valence-electron chi connectivity index (χ2n) is 8.23. The maximum atomic E-state index is 13.0.